The van der Waals surface area contributed by atoms with E-state index in [1.54, 1.807) is 18.2 Å². The number of carbonyl (C=O) groups is 2. The van der Waals surface area contributed by atoms with Crippen molar-refractivity contribution in [2.75, 3.05) is 5.75 Å². The van der Waals surface area contributed by atoms with Crippen LogP contribution in [0, 0.1) is 16.7 Å². The second-order valence-corrected chi connectivity index (χ2v) is 8.93. The third-order valence-corrected chi connectivity index (χ3v) is 6.80. The SMILES string of the molecule is CC1(C)C2CCC1(CS(=O)(=O)O)C(=O)/C2=C\c1ccc(C(=O)O)cc1. The number of Topliss-reactive ketones (excluding diaryl/α,β-unsaturated/α-hetero) is 1. The van der Waals surface area contributed by atoms with Gasteiger partial charge in [-0.2, -0.15) is 8.42 Å². The van der Waals surface area contributed by atoms with E-state index in [9.17, 15) is 22.6 Å². The van der Waals surface area contributed by atoms with E-state index < -0.39 is 32.7 Å². The first-order chi connectivity index (χ1) is 11.5. The van der Waals surface area contributed by atoms with Gasteiger partial charge in [0.15, 0.2) is 5.78 Å². The summed E-state index contributed by atoms with van der Waals surface area (Å²) in [5.74, 6) is -1.89. The van der Waals surface area contributed by atoms with Crippen molar-refractivity contribution in [3.8, 4) is 0 Å². The fourth-order valence-electron chi connectivity index (χ4n) is 4.49. The summed E-state index contributed by atoms with van der Waals surface area (Å²) < 4.78 is 32.3. The van der Waals surface area contributed by atoms with Crippen LogP contribution in [0.2, 0.25) is 0 Å². The van der Waals surface area contributed by atoms with Crippen LogP contribution >= 0.6 is 0 Å². The number of carboxylic acids is 1. The fourth-order valence-corrected chi connectivity index (χ4v) is 5.77. The first-order valence-corrected chi connectivity index (χ1v) is 9.64. The zero-order valence-corrected chi connectivity index (χ0v) is 14.8. The molecule has 0 aromatic heterocycles. The Morgan fingerprint density at radius 1 is 1.28 bits per heavy atom. The lowest BCUT2D eigenvalue weighted by Crippen LogP contribution is -2.42. The molecule has 0 saturated heterocycles. The van der Waals surface area contributed by atoms with Gasteiger partial charge in [-0.25, -0.2) is 4.79 Å². The lowest BCUT2D eigenvalue weighted by Gasteiger charge is -2.34. The van der Waals surface area contributed by atoms with E-state index in [1.165, 1.54) is 12.1 Å². The summed E-state index contributed by atoms with van der Waals surface area (Å²) in [6.45, 7) is 3.75. The molecule has 0 radical (unpaired) electrons. The molecule has 0 amide bonds. The van der Waals surface area contributed by atoms with Gasteiger partial charge >= 0.3 is 5.97 Å². The number of fused-ring (bicyclic) bond motifs is 2. The van der Waals surface area contributed by atoms with Crippen LogP contribution in [0.5, 0.6) is 0 Å². The number of carboxylic acid groups (broad SMARTS) is 1. The van der Waals surface area contributed by atoms with Gasteiger partial charge in [0.25, 0.3) is 10.1 Å². The molecule has 1 aromatic carbocycles. The molecular weight excluding hydrogens is 344 g/mol. The number of rotatable bonds is 4. The highest BCUT2D eigenvalue weighted by Gasteiger charge is 2.67. The summed E-state index contributed by atoms with van der Waals surface area (Å²) in [5, 5.41) is 8.95. The van der Waals surface area contributed by atoms with Crippen molar-refractivity contribution in [3.63, 3.8) is 0 Å². The van der Waals surface area contributed by atoms with E-state index in [4.69, 9.17) is 5.11 Å². The largest absolute Gasteiger partial charge is 0.478 e. The molecule has 1 aromatic rings. The van der Waals surface area contributed by atoms with Crippen LogP contribution in [0.15, 0.2) is 29.8 Å². The average Bonchev–Trinajstić information content (AvgIpc) is 2.81. The minimum atomic E-state index is -4.28. The lowest BCUT2D eigenvalue weighted by atomic mass is 9.70. The first kappa shape index (κ1) is 17.8. The molecule has 2 aliphatic carbocycles. The highest BCUT2D eigenvalue weighted by molar-refractivity contribution is 7.85. The van der Waals surface area contributed by atoms with Crippen molar-refractivity contribution in [1.29, 1.82) is 0 Å². The van der Waals surface area contributed by atoms with E-state index in [-0.39, 0.29) is 17.3 Å². The van der Waals surface area contributed by atoms with Crippen molar-refractivity contribution in [2.45, 2.75) is 26.7 Å². The number of aromatic carboxylic acids is 1. The Hall–Kier alpha value is -1.99. The monoisotopic (exact) mass is 364 g/mol. The van der Waals surface area contributed by atoms with Gasteiger partial charge in [0.2, 0.25) is 0 Å². The van der Waals surface area contributed by atoms with Gasteiger partial charge in [-0.15, -0.1) is 0 Å². The Morgan fingerprint density at radius 2 is 1.88 bits per heavy atom. The molecule has 2 atom stereocenters. The van der Waals surface area contributed by atoms with Crippen LogP contribution in [-0.2, 0) is 14.9 Å². The lowest BCUT2D eigenvalue weighted by molar-refractivity contribution is -0.125. The van der Waals surface area contributed by atoms with E-state index in [1.807, 2.05) is 13.8 Å². The molecule has 0 aliphatic heterocycles. The Balaban J connectivity index is 2.02. The number of ketones is 1. The predicted octanol–water partition coefficient (Wildman–Crippen LogP) is 2.66. The first-order valence-electron chi connectivity index (χ1n) is 8.03. The molecule has 3 rings (SSSR count). The molecule has 25 heavy (non-hydrogen) atoms. The smallest absolute Gasteiger partial charge is 0.335 e. The maximum absolute atomic E-state index is 13.0. The zero-order chi connectivity index (χ0) is 18.6. The van der Waals surface area contributed by atoms with Gasteiger partial charge in [-0.05, 0) is 47.9 Å². The second-order valence-electron chi connectivity index (χ2n) is 7.48. The molecule has 134 valence electrons. The third-order valence-electron chi connectivity index (χ3n) is 5.95. The van der Waals surface area contributed by atoms with Crippen molar-refractivity contribution < 1.29 is 27.7 Å². The molecule has 0 spiro atoms. The minimum absolute atomic E-state index is 0.0825. The summed E-state index contributed by atoms with van der Waals surface area (Å²) in [5.41, 5.74) is -0.253. The summed E-state index contributed by atoms with van der Waals surface area (Å²) in [6, 6.07) is 6.17. The number of hydrogen-bond donors (Lipinski definition) is 2. The normalized spacial score (nSPS) is 29.3. The molecule has 2 bridgehead atoms. The van der Waals surface area contributed by atoms with Crippen LogP contribution < -0.4 is 0 Å². The number of allylic oxidation sites excluding steroid dienone is 1. The van der Waals surface area contributed by atoms with Gasteiger partial charge in [-0.1, -0.05) is 26.0 Å². The van der Waals surface area contributed by atoms with Crippen LogP contribution in [-0.4, -0.2) is 35.6 Å². The standard InChI is InChI=1S/C18H20O6S/c1-17(2)14-7-8-18(17,10-25(22,23)24)15(19)13(14)9-11-3-5-12(6-4-11)16(20)21/h3-6,9,14H,7-8,10H2,1-2H3,(H,20,21)(H,22,23,24)/b13-9-. The van der Waals surface area contributed by atoms with E-state index in [0.717, 1.165) is 0 Å². The molecule has 6 nitrogen and oxygen atoms in total. The Labute approximate surface area is 146 Å². The molecule has 0 heterocycles. The zero-order valence-electron chi connectivity index (χ0n) is 14.0. The second kappa shape index (κ2) is 5.51. The van der Waals surface area contributed by atoms with Gasteiger partial charge in [0, 0.05) is 5.57 Å². The van der Waals surface area contributed by atoms with Gasteiger partial charge < -0.3 is 5.11 Å². The number of carbonyl (C=O) groups excluding carboxylic acids is 1. The maximum atomic E-state index is 13.0. The summed E-state index contributed by atoms with van der Waals surface area (Å²) >= 11 is 0. The van der Waals surface area contributed by atoms with Crippen LogP contribution in [0.3, 0.4) is 0 Å². The van der Waals surface area contributed by atoms with Gasteiger partial charge in [0.1, 0.15) is 0 Å². The fraction of sp³-hybridized carbons (Fsp3) is 0.444. The van der Waals surface area contributed by atoms with Crippen molar-refractivity contribution >= 4 is 27.9 Å². The summed E-state index contributed by atoms with van der Waals surface area (Å²) in [6.07, 6.45) is 2.84. The molecule has 2 aliphatic rings. The van der Waals surface area contributed by atoms with Crippen molar-refractivity contribution in [2.24, 2.45) is 16.7 Å². The number of benzene rings is 1. The topological polar surface area (TPSA) is 109 Å². The minimum Gasteiger partial charge on any atom is -0.478 e. The average molecular weight is 364 g/mol. The Morgan fingerprint density at radius 3 is 2.40 bits per heavy atom. The molecule has 2 unspecified atom stereocenters. The molecule has 2 saturated carbocycles. The molecule has 7 heteroatoms. The van der Waals surface area contributed by atoms with Crippen LogP contribution in [0.1, 0.15) is 42.6 Å². The van der Waals surface area contributed by atoms with E-state index in [2.05, 4.69) is 0 Å². The van der Waals surface area contributed by atoms with Crippen LogP contribution in [0.25, 0.3) is 6.08 Å². The van der Waals surface area contributed by atoms with Crippen LogP contribution in [0.4, 0.5) is 0 Å². The van der Waals surface area contributed by atoms with E-state index in [0.29, 0.717) is 24.0 Å². The van der Waals surface area contributed by atoms with E-state index >= 15 is 0 Å². The van der Waals surface area contributed by atoms with Crippen molar-refractivity contribution in [3.05, 3.63) is 41.0 Å². The highest BCUT2D eigenvalue weighted by Crippen LogP contribution is 2.66. The number of hydrogen-bond acceptors (Lipinski definition) is 4. The summed E-state index contributed by atoms with van der Waals surface area (Å²) in [7, 11) is -4.28. The Kier molecular flexibility index (Phi) is 3.92. The van der Waals surface area contributed by atoms with Crippen molar-refractivity contribution in [1.82, 2.24) is 0 Å². The third kappa shape index (κ3) is 2.71. The molecule has 2 N–H and O–H groups in total. The molecule has 2 fully saturated rings. The highest BCUT2D eigenvalue weighted by atomic mass is 32.2. The summed E-state index contributed by atoms with van der Waals surface area (Å²) in [4.78, 5) is 23.9. The predicted molar refractivity (Wildman–Crippen MR) is 91.7 cm³/mol. The van der Waals surface area contributed by atoms with Gasteiger partial charge in [0.05, 0.1) is 16.7 Å². The molecular formula is C18H20O6S. The maximum Gasteiger partial charge on any atom is 0.335 e. The quantitative estimate of drug-likeness (QED) is 0.628. The van der Waals surface area contributed by atoms with Gasteiger partial charge in [-0.3, -0.25) is 9.35 Å². The Bertz CT molecular complexity index is 879.